The second-order valence-electron chi connectivity index (χ2n) is 8.39. The van der Waals surface area contributed by atoms with Crippen molar-refractivity contribution in [2.45, 2.75) is 84.3 Å². The molecule has 3 aliphatic carbocycles. The first kappa shape index (κ1) is 14.8. The minimum Gasteiger partial charge on any atom is -0.372 e. The minimum absolute atomic E-state index is 0.433. The summed E-state index contributed by atoms with van der Waals surface area (Å²) in [7, 11) is 0. The highest BCUT2D eigenvalue weighted by Crippen LogP contribution is 2.66. The lowest BCUT2D eigenvalue weighted by molar-refractivity contribution is -0.693. The SMILES string of the molecule is CC1(C)[C@@H]2CC[C@]1(C)[C@H](OCC[NH2+]C1CCCCC1)C2. The van der Waals surface area contributed by atoms with E-state index >= 15 is 0 Å². The molecule has 0 spiro atoms. The van der Waals surface area contributed by atoms with Crippen molar-refractivity contribution < 1.29 is 10.1 Å². The van der Waals surface area contributed by atoms with E-state index in [1.165, 1.54) is 57.9 Å². The molecule has 0 aromatic carbocycles. The van der Waals surface area contributed by atoms with Crippen LogP contribution in [0.1, 0.15) is 72.1 Å². The van der Waals surface area contributed by atoms with Crippen molar-refractivity contribution in [3.63, 3.8) is 0 Å². The number of ether oxygens (including phenoxy) is 1. The van der Waals surface area contributed by atoms with Gasteiger partial charge < -0.3 is 10.1 Å². The van der Waals surface area contributed by atoms with Gasteiger partial charge in [-0.25, -0.2) is 0 Å². The monoisotopic (exact) mass is 280 g/mol. The zero-order valence-electron chi connectivity index (χ0n) is 13.8. The van der Waals surface area contributed by atoms with Crippen LogP contribution >= 0.6 is 0 Å². The average molecular weight is 280 g/mol. The van der Waals surface area contributed by atoms with Crippen molar-refractivity contribution in [2.75, 3.05) is 13.2 Å². The molecule has 0 heterocycles. The predicted octanol–water partition coefficient (Wildman–Crippen LogP) is 3.11. The van der Waals surface area contributed by atoms with Crippen molar-refractivity contribution in [1.82, 2.24) is 0 Å². The van der Waals surface area contributed by atoms with E-state index in [1.807, 2.05) is 0 Å². The molecule has 0 aromatic rings. The summed E-state index contributed by atoms with van der Waals surface area (Å²) in [6.07, 6.45) is 11.8. The Labute approximate surface area is 125 Å². The van der Waals surface area contributed by atoms with Crippen LogP contribution < -0.4 is 5.32 Å². The van der Waals surface area contributed by atoms with Crippen LogP contribution in [-0.4, -0.2) is 25.3 Å². The highest BCUT2D eigenvalue weighted by atomic mass is 16.5. The van der Waals surface area contributed by atoms with Gasteiger partial charge in [-0.1, -0.05) is 27.2 Å². The molecule has 0 saturated heterocycles. The number of rotatable bonds is 5. The molecule has 0 aliphatic heterocycles. The molecule has 0 amide bonds. The van der Waals surface area contributed by atoms with Crippen LogP contribution in [0.4, 0.5) is 0 Å². The second-order valence-corrected chi connectivity index (χ2v) is 8.39. The maximum atomic E-state index is 6.34. The molecule has 0 aromatic heterocycles. The molecule has 0 unspecified atom stereocenters. The van der Waals surface area contributed by atoms with E-state index in [9.17, 15) is 0 Å². The zero-order valence-corrected chi connectivity index (χ0v) is 13.8. The normalized spacial score (nSPS) is 40.4. The summed E-state index contributed by atoms with van der Waals surface area (Å²) < 4.78 is 6.34. The van der Waals surface area contributed by atoms with E-state index in [4.69, 9.17) is 4.74 Å². The standard InChI is InChI=1S/C18H33NO/c1-17(2)14-9-10-18(17,3)16(13-14)20-12-11-19-15-7-5-4-6-8-15/h14-16,19H,4-13H2,1-3H3/p+1/t14-,16-,18-/m1/s1. The topological polar surface area (TPSA) is 25.8 Å². The van der Waals surface area contributed by atoms with E-state index in [0.717, 1.165) is 18.6 Å². The quantitative estimate of drug-likeness (QED) is 0.769. The summed E-state index contributed by atoms with van der Waals surface area (Å²) in [4.78, 5) is 0. The van der Waals surface area contributed by atoms with Crippen LogP contribution in [0.2, 0.25) is 0 Å². The summed E-state index contributed by atoms with van der Waals surface area (Å²) in [6, 6.07) is 0.888. The van der Waals surface area contributed by atoms with Crippen LogP contribution in [0.15, 0.2) is 0 Å². The first-order valence-corrected chi connectivity index (χ1v) is 8.99. The van der Waals surface area contributed by atoms with E-state index in [1.54, 1.807) is 0 Å². The number of hydrogen-bond acceptors (Lipinski definition) is 1. The van der Waals surface area contributed by atoms with Gasteiger partial charge in [0.2, 0.25) is 0 Å². The van der Waals surface area contributed by atoms with Gasteiger partial charge in [-0.2, -0.15) is 0 Å². The first-order valence-electron chi connectivity index (χ1n) is 8.99. The number of fused-ring (bicyclic) bond motifs is 2. The Morgan fingerprint density at radius 2 is 1.80 bits per heavy atom. The predicted molar refractivity (Wildman–Crippen MR) is 82.6 cm³/mol. The molecule has 0 radical (unpaired) electrons. The molecule has 3 rings (SSSR count). The van der Waals surface area contributed by atoms with Gasteiger partial charge in [0, 0.05) is 0 Å². The summed E-state index contributed by atoms with van der Waals surface area (Å²) in [6.45, 7) is 9.56. The fraction of sp³-hybridized carbons (Fsp3) is 1.00. The van der Waals surface area contributed by atoms with E-state index in [2.05, 4.69) is 26.1 Å². The van der Waals surface area contributed by atoms with Gasteiger partial charge in [0.1, 0.15) is 0 Å². The van der Waals surface area contributed by atoms with E-state index in [0.29, 0.717) is 16.9 Å². The molecular formula is C18H34NO+. The minimum atomic E-state index is 0.433. The number of nitrogens with two attached hydrogens (primary N) is 1. The largest absolute Gasteiger partial charge is 0.372 e. The molecule has 2 bridgehead atoms. The number of hydrogen-bond donors (Lipinski definition) is 1. The van der Waals surface area contributed by atoms with Crippen molar-refractivity contribution in [3.8, 4) is 0 Å². The Morgan fingerprint density at radius 3 is 2.40 bits per heavy atom. The Morgan fingerprint density at radius 1 is 1.05 bits per heavy atom. The molecule has 116 valence electrons. The van der Waals surface area contributed by atoms with Gasteiger partial charge in [-0.15, -0.1) is 0 Å². The molecule has 3 aliphatic rings. The Bertz CT molecular complexity index is 334. The molecule has 3 saturated carbocycles. The van der Waals surface area contributed by atoms with Crippen LogP contribution in [-0.2, 0) is 4.74 Å². The fourth-order valence-corrected chi connectivity index (χ4v) is 5.27. The van der Waals surface area contributed by atoms with Gasteiger partial charge >= 0.3 is 0 Å². The maximum Gasteiger partial charge on any atom is 0.0995 e. The summed E-state index contributed by atoms with van der Waals surface area (Å²) in [5.74, 6) is 0.903. The molecule has 2 N–H and O–H groups in total. The molecule has 20 heavy (non-hydrogen) atoms. The third-order valence-corrected chi connectivity index (χ3v) is 7.30. The lowest BCUT2D eigenvalue weighted by Crippen LogP contribution is -2.91. The average Bonchev–Trinajstić information content (AvgIpc) is 2.78. The third kappa shape index (κ3) is 2.43. The first-order chi connectivity index (χ1) is 9.54. The van der Waals surface area contributed by atoms with Crippen LogP contribution in [0, 0.1) is 16.7 Å². The Hall–Kier alpha value is -0.0800. The summed E-state index contributed by atoms with van der Waals surface area (Å²) in [5.41, 5.74) is 0.924. The highest BCUT2D eigenvalue weighted by molar-refractivity contribution is 5.11. The van der Waals surface area contributed by atoms with Crippen LogP contribution in [0.3, 0.4) is 0 Å². The van der Waals surface area contributed by atoms with Gasteiger partial charge in [-0.05, 0) is 61.7 Å². The van der Waals surface area contributed by atoms with Gasteiger partial charge in [0.05, 0.1) is 25.3 Å². The Kier molecular flexibility index (Phi) is 4.16. The zero-order chi connectivity index (χ0) is 14.2. The summed E-state index contributed by atoms with van der Waals surface area (Å²) >= 11 is 0. The summed E-state index contributed by atoms with van der Waals surface area (Å²) in [5, 5.41) is 2.56. The van der Waals surface area contributed by atoms with E-state index < -0.39 is 0 Å². The lowest BCUT2D eigenvalue weighted by Gasteiger charge is -2.38. The fourth-order valence-electron chi connectivity index (χ4n) is 5.27. The van der Waals surface area contributed by atoms with Gasteiger partial charge in [-0.3, -0.25) is 0 Å². The molecule has 3 atom stereocenters. The van der Waals surface area contributed by atoms with Gasteiger partial charge in [0.15, 0.2) is 0 Å². The maximum absolute atomic E-state index is 6.34. The smallest absolute Gasteiger partial charge is 0.0995 e. The van der Waals surface area contributed by atoms with Crippen molar-refractivity contribution in [3.05, 3.63) is 0 Å². The third-order valence-electron chi connectivity index (χ3n) is 7.30. The lowest BCUT2D eigenvalue weighted by atomic mass is 9.70. The van der Waals surface area contributed by atoms with Crippen molar-refractivity contribution >= 4 is 0 Å². The second kappa shape index (κ2) is 5.61. The van der Waals surface area contributed by atoms with E-state index in [-0.39, 0.29) is 0 Å². The molecular weight excluding hydrogens is 246 g/mol. The molecule has 3 fully saturated rings. The van der Waals surface area contributed by atoms with Crippen LogP contribution in [0.5, 0.6) is 0 Å². The van der Waals surface area contributed by atoms with Crippen molar-refractivity contribution in [2.24, 2.45) is 16.7 Å². The number of quaternary nitrogens is 1. The Balaban J connectivity index is 1.41. The molecule has 2 heteroatoms. The van der Waals surface area contributed by atoms with Crippen molar-refractivity contribution in [1.29, 1.82) is 0 Å². The van der Waals surface area contributed by atoms with Crippen LogP contribution in [0.25, 0.3) is 0 Å². The van der Waals surface area contributed by atoms with Gasteiger partial charge in [0.25, 0.3) is 0 Å². The highest BCUT2D eigenvalue weighted by Gasteiger charge is 2.61. The molecule has 2 nitrogen and oxygen atoms in total.